The van der Waals surface area contributed by atoms with E-state index in [1.807, 2.05) is 0 Å². The SMILES string of the molecule is COC(=O)c1ccc(C[NH+](C)CC(=O)Nc2ccc(F)c(F)c2F)o1. The van der Waals surface area contributed by atoms with Crippen LogP contribution in [0.1, 0.15) is 16.3 Å². The number of rotatable bonds is 6. The summed E-state index contributed by atoms with van der Waals surface area (Å²) in [6.45, 7) is 0.178. The molecule has 0 bridgehead atoms. The number of benzene rings is 1. The number of methoxy groups -OCH3 is 1. The van der Waals surface area contributed by atoms with Gasteiger partial charge in [0.2, 0.25) is 5.76 Å². The topological polar surface area (TPSA) is 73.0 Å². The monoisotopic (exact) mass is 357 g/mol. The van der Waals surface area contributed by atoms with Gasteiger partial charge in [0.15, 0.2) is 29.8 Å². The van der Waals surface area contributed by atoms with E-state index in [1.165, 1.54) is 13.2 Å². The Balaban J connectivity index is 1.93. The van der Waals surface area contributed by atoms with Gasteiger partial charge < -0.3 is 19.4 Å². The fourth-order valence-electron chi connectivity index (χ4n) is 2.13. The van der Waals surface area contributed by atoms with Crippen molar-refractivity contribution in [2.24, 2.45) is 0 Å². The number of carbonyl (C=O) groups is 2. The van der Waals surface area contributed by atoms with Gasteiger partial charge in [0, 0.05) is 0 Å². The number of carbonyl (C=O) groups excluding carboxylic acids is 2. The third-order valence-electron chi connectivity index (χ3n) is 3.30. The smallest absolute Gasteiger partial charge is 0.373 e. The van der Waals surface area contributed by atoms with Gasteiger partial charge in [0.1, 0.15) is 6.54 Å². The van der Waals surface area contributed by atoms with Crippen LogP contribution < -0.4 is 10.2 Å². The Hall–Kier alpha value is -2.81. The fourth-order valence-corrected chi connectivity index (χ4v) is 2.13. The molecule has 6 nitrogen and oxygen atoms in total. The van der Waals surface area contributed by atoms with Crippen LogP contribution in [0.15, 0.2) is 28.7 Å². The van der Waals surface area contributed by atoms with Crippen molar-refractivity contribution in [3.63, 3.8) is 0 Å². The van der Waals surface area contributed by atoms with Gasteiger partial charge >= 0.3 is 5.97 Å². The normalized spacial score (nSPS) is 11.9. The van der Waals surface area contributed by atoms with E-state index in [1.54, 1.807) is 13.1 Å². The zero-order valence-electron chi connectivity index (χ0n) is 13.5. The molecule has 0 aliphatic rings. The highest BCUT2D eigenvalue weighted by atomic mass is 19.2. The Morgan fingerprint density at radius 2 is 1.88 bits per heavy atom. The van der Waals surface area contributed by atoms with Crippen molar-refractivity contribution in [3.8, 4) is 0 Å². The summed E-state index contributed by atoms with van der Waals surface area (Å²) >= 11 is 0. The molecule has 1 atom stereocenters. The van der Waals surface area contributed by atoms with Crippen molar-refractivity contribution < 1.29 is 36.8 Å². The van der Waals surface area contributed by atoms with Gasteiger partial charge in [0.25, 0.3) is 5.91 Å². The number of esters is 1. The number of anilines is 1. The Bertz CT molecular complexity index is 792. The van der Waals surface area contributed by atoms with Crippen LogP contribution in [0.25, 0.3) is 0 Å². The van der Waals surface area contributed by atoms with Crippen molar-refractivity contribution in [3.05, 3.63) is 53.2 Å². The Morgan fingerprint density at radius 3 is 2.56 bits per heavy atom. The highest BCUT2D eigenvalue weighted by Gasteiger charge is 2.18. The largest absolute Gasteiger partial charge is 0.463 e. The summed E-state index contributed by atoms with van der Waals surface area (Å²) in [5, 5.41) is 2.18. The molecule has 25 heavy (non-hydrogen) atoms. The highest BCUT2D eigenvalue weighted by Crippen LogP contribution is 2.19. The van der Waals surface area contributed by atoms with Crippen LogP contribution in [0.5, 0.6) is 0 Å². The maximum absolute atomic E-state index is 13.5. The van der Waals surface area contributed by atoms with Crippen molar-refractivity contribution >= 4 is 17.6 Å². The molecule has 0 radical (unpaired) electrons. The lowest BCUT2D eigenvalue weighted by Crippen LogP contribution is -3.08. The predicted octanol–water partition coefficient (Wildman–Crippen LogP) is 1.14. The van der Waals surface area contributed by atoms with E-state index in [-0.39, 0.29) is 18.8 Å². The molecule has 0 spiro atoms. The van der Waals surface area contributed by atoms with Gasteiger partial charge in [0.05, 0.1) is 19.8 Å². The van der Waals surface area contributed by atoms with Crippen molar-refractivity contribution in [2.45, 2.75) is 6.54 Å². The highest BCUT2D eigenvalue weighted by molar-refractivity contribution is 5.91. The summed E-state index contributed by atoms with van der Waals surface area (Å²) in [6, 6.07) is 4.69. The predicted molar refractivity (Wildman–Crippen MR) is 80.5 cm³/mol. The summed E-state index contributed by atoms with van der Waals surface area (Å²) in [7, 11) is 2.89. The molecule has 0 aliphatic heterocycles. The second-order valence-electron chi connectivity index (χ2n) is 5.34. The van der Waals surface area contributed by atoms with Gasteiger partial charge in [-0.2, -0.15) is 0 Å². The fraction of sp³-hybridized carbons (Fsp3) is 0.250. The van der Waals surface area contributed by atoms with Gasteiger partial charge in [-0.15, -0.1) is 0 Å². The number of nitrogens with one attached hydrogen (secondary N) is 2. The van der Waals surface area contributed by atoms with Crippen molar-refractivity contribution in [1.82, 2.24) is 0 Å². The molecule has 2 N–H and O–H groups in total. The molecule has 1 unspecified atom stereocenters. The lowest BCUT2D eigenvalue weighted by Gasteiger charge is -2.13. The summed E-state index contributed by atoms with van der Waals surface area (Å²) in [6.07, 6.45) is 0. The van der Waals surface area contributed by atoms with Crippen LogP contribution >= 0.6 is 0 Å². The van der Waals surface area contributed by atoms with Crippen molar-refractivity contribution in [2.75, 3.05) is 26.0 Å². The van der Waals surface area contributed by atoms with Crippen molar-refractivity contribution in [1.29, 1.82) is 0 Å². The maximum Gasteiger partial charge on any atom is 0.373 e. The number of furan rings is 1. The lowest BCUT2D eigenvalue weighted by atomic mass is 10.2. The minimum atomic E-state index is -1.65. The minimum absolute atomic E-state index is 0.0404. The third kappa shape index (κ3) is 4.60. The maximum atomic E-state index is 13.5. The second kappa shape index (κ2) is 7.84. The molecule has 0 saturated carbocycles. The van der Waals surface area contributed by atoms with E-state index in [2.05, 4.69) is 10.1 Å². The third-order valence-corrected chi connectivity index (χ3v) is 3.30. The first-order chi connectivity index (χ1) is 11.8. The number of quaternary nitrogens is 1. The summed E-state index contributed by atoms with van der Waals surface area (Å²) in [5.41, 5.74) is -0.442. The first-order valence-corrected chi connectivity index (χ1v) is 7.23. The van der Waals surface area contributed by atoms with E-state index in [0.717, 1.165) is 12.1 Å². The summed E-state index contributed by atoms with van der Waals surface area (Å²) < 4.78 is 49.3. The molecule has 0 aliphatic carbocycles. The first-order valence-electron chi connectivity index (χ1n) is 7.23. The number of hydrogen-bond donors (Lipinski definition) is 2. The molecular weight excluding hydrogens is 341 g/mol. The average Bonchev–Trinajstić information content (AvgIpc) is 3.02. The minimum Gasteiger partial charge on any atom is -0.463 e. The molecule has 1 amide bonds. The Labute approximate surface area is 141 Å². The van der Waals surface area contributed by atoms with E-state index in [4.69, 9.17) is 4.42 Å². The average molecular weight is 357 g/mol. The zero-order valence-corrected chi connectivity index (χ0v) is 13.5. The van der Waals surface area contributed by atoms with Gasteiger partial charge in [-0.05, 0) is 24.3 Å². The Kier molecular flexibility index (Phi) is 5.81. The molecule has 1 aromatic carbocycles. The van der Waals surface area contributed by atoms with Crippen LogP contribution in [0.2, 0.25) is 0 Å². The molecule has 0 fully saturated rings. The van der Waals surface area contributed by atoms with Crippen LogP contribution in [0, 0.1) is 17.5 Å². The Morgan fingerprint density at radius 1 is 1.16 bits per heavy atom. The molecule has 9 heteroatoms. The molecule has 1 heterocycles. The number of ether oxygens (including phenoxy) is 1. The van der Waals surface area contributed by atoms with E-state index < -0.39 is 35.0 Å². The molecule has 1 aromatic heterocycles. The van der Waals surface area contributed by atoms with Gasteiger partial charge in [-0.25, -0.2) is 18.0 Å². The molecule has 2 rings (SSSR count). The molecule has 2 aromatic rings. The summed E-state index contributed by atoms with van der Waals surface area (Å²) in [4.78, 5) is 23.9. The lowest BCUT2D eigenvalue weighted by molar-refractivity contribution is -0.886. The molecule has 134 valence electrons. The molecule has 0 saturated heterocycles. The first kappa shape index (κ1) is 18.5. The van der Waals surface area contributed by atoms with E-state index >= 15 is 0 Å². The molecular formula is C16H16F3N2O4+. The van der Waals surface area contributed by atoms with Gasteiger partial charge in [-0.3, -0.25) is 4.79 Å². The van der Waals surface area contributed by atoms with E-state index in [9.17, 15) is 22.8 Å². The van der Waals surface area contributed by atoms with Crippen LogP contribution in [-0.4, -0.2) is 32.6 Å². The van der Waals surface area contributed by atoms with E-state index in [0.29, 0.717) is 10.7 Å². The second-order valence-corrected chi connectivity index (χ2v) is 5.34. The number of hydrogen-bond acceptors (Lipinski definition) is 4. The van der Waals surface area contributed by atoms with Crippen LogP contribution in [0.4, 0.5) is 18.9 Å². The number of amides is 1. The standard InChI is InChI=1S/C16H15F3N2O4/c1-21(7-9-3-6-12(25-9)16(23)24-2)8-13(22)20-11-5-4-10(17)14(18)15(11)19/h3-6H,7-8H2,1-2H3,(H,20,22)/p+1. The zero-order chi connectivity index (χ0) is 18.6. The number of halogens is 3. The van der Waals surface area contributed by atoms with Crippen LogP contribution in [0.3, 0.4) is 0 Å². The van der Waals surface area contributed by atoms with Crippen LogP contribution in [-0.2, 0) is 16.1 Å². The van der Waals surface area contributed by atoms with Gasteiger partial charge in [-0.1, -0.05) is 0 Å². The summed E-state index contributed by atoms with van der Waals surface area (Å²) in [5.74, 6) is -5.16. The quantitative estimate of drug-likeness (QED) is 0.601. The number of likely N-dealkylation sites (N-methyl/N-ethyl adjacent to an activating group) is 1.